The molecule has 3 amide bonds. The first-order valence-corrected chi connectivity index (χ1v) is 18.4. The fourth-order valence-corrected chi connectivity index (χ4v) is 8.92. The summed E-state index contributed by atoms with van der Waals surface area (Å²) in [6.07, 6.45) is 2.87. The predicted molar refractivity (Wildman–Crippen MR) is 191 cm³/mol. The Bertz CT molecular complexity index is 1480. The number of hydrogen-bond donors (Lipinski definition) is 2. The van der Waals surface area contributed by atoms with Gasteiger partial charge in [-0.15, -0.1) is 0 Å². The summed E-state index contributed by atoms with van der Waals surface area (Å²) < 4.78 is 11.3. The van der Waals surface area contributed by atoms with E-state index in [1.807, 2.05) is 43.9 Å². The molecular formula is C40H59N3O7. The zero-order valence-electron chi connectivity index (χ0n) is 31.7. The molecule has 1 aromatic rings. The van der Waals surface area contributed by atoms with Gasteiger partial charge in [-0.05, 0) is 95.3 Å². The summed E-state index contributed by atoms with van der Waals surface area (Å²) in [5.41, 5.74) is 2.68. The Kier molecular flexibility index (Phi) is 10.8. The van der Waals surface area contributed by atoms with Gasteiger partial charge >= 0.3 is 12.1 Å². The van der Waals surface area contributed by atoms with E-state index in [4.69, 9.17) is 9.47 Å². The van der Waals surface area contributed by atoms with E-state index < -0.39 is 35.2 Å². The van der Waals surface area contributed by atoms with Gasteiger partial charge < -0.3 is 29.7 Å². The van der Waals surface area contributed by atoms with E-state index in [0.29, 0.717) is 36.8 Å². The first-order valence-electron chi connectivity index (χ1n) is 18.4. The fourth-order valence-electron chi connectivity index (χ4n) is 8.92. The topological polar surface area (TPSA) is 125 Å². The monoisotopic (exact) mass is 693 g/mol. The maximum Gasteiger partial charge on any atom is 0.408 e. The molecule has 1 aromatic carbocycles. The lowest BCUT2D eigenvalue weighted by Gasteiger charge is -2.36. The van der Waals surface area contributed by atoms with Crippen LogP contribution in [0.15, 0.2) is 41.5 Å². The highest BCUT2D eigenvalue weighted by atomic mass is 16.6. The van der Waals surface area contributed by atoms with Gasteiger partial charge in [-0.2, -0.15) is 0 Å². The lowest BCUT2D eigenvalue weighted by molar-refractivity contribution is -0.151. The number of fused-ring (bicyclic) bond motifs is 4. The second kappa shape index (κ2) is 14.3. The molecule has 3 saturated heterocycles. The van der Waals surface area contributed by atoms with Crippen molar-refractivity contribution in [2.45, 2.75) is 125 Å². The molecule has 0 spiro atoms. The average molecular weight is 694 g/mol. The highest BCUT2D eigenvalue weighted by Gasteiger charge is 2.55. The summed E-state index contributed by atoms with van der Waals surface area (Å²) in [6.45, 7) is 20.7. The number of allylic oxidation sites excluding steroid dienone is 2. The molecule has 2 N–H and O–H groups in total. The van der Waals surface area contributed by atoms with E-state index >= 15 is 0 Å². The van der Waals surface area contributed by atoms with Crippen molar-refractivity contribution >= 4 is 23.9 Å². The number of nitrogens with zero attached hydrogens (tertiary/aromatic N) is 2. The van der Waals surface area contributed by atoms with Crippen LogP contribution in [0.25, 0.3) is 0 Å². The number of nitrogens with one attached hydrogen (secondary N) is 1. The Balaban J connectivity index is 0.000000203. The minimum Gasteiger partial charge on any atom is -0.480 e. The normalized spacial score (nSPS) is 32.8. The Morgan fingerprint density at radius 1 is 0.940 bits per heavy atom. The molecule has 3 heterocycles. The van der Waals surface area contributed by atoms with Crippen LogP contribution in [0.3, 0.4) is 0 Å². The number of carbonyl (C=O) groups is 4. The highest BCUT2D eigenvalue weighted by molar-refractivity contribution is 5.90. The zero-order chi connectivity index (χ0) is 36.9. The van der Waals surface area contributed by atoms with Crippen molar-refractivity contribution in [1.82, 2.24) is 15.1 Å². The zero-order valence-corrected chi connectivity index (χ0v) is 31.7. The molecule has 10 heteroatoms. The van der Waals surface area contributed by atoms with Crippen molar-refractivity contribution < 1.29 is 33.8 Å². The number of likely N-dealkylation sites (tertiary alicyclic amines) is 1. The number of benzene rings is 1. The second-order valence-corrected chi connectivity index (χ2v) is 17.7. The quantitative estimate of drug-likeness (QED) is 0.332. The molecule has 0 bridgehead atoms. The standard InChI is InChI=1S/C22H38N2O5.C18H21NO2/c1-12-9-14-11-24(16(19(26)27)15(14)10-13(12)2)18(25)17(21(3,4)5)23-20(28)29-22(6,7)8;1-11-8-14-15(9-12(11)2)17(20)19-16(14)10-21-18(19)13-6-4-3-5-7-13/h12-17H,9-11H2,1-8H3,(H,23,28)(H,26,27);3-7,14-16,18H,8-10H2,1-2H3/t12?,13?,14-,15-,16?,17+;14-,15+,16+,18?/m00/s1. The van der Waals surface area contributed by atoms with Gasteiger partial charge in [-0.3, -0.25) is 9.59 Å². The largest absolute Gasteiger partial charge is 0.480 e. The van der Waals surface area contributed by atoms with E-state index in [9.17, 15) is 24.3 Å². The lowest BCUT2D eigenvalue weighted by atomic mass is 9.69. The number of aliphatic carboxylic acids is 1. The molecular weight excluding hydrogens is 634 g/mol. The molecule has 50 heavy (non-hydrogen) atoms. The van der Waals surface area contributed by atoms with Gasteiger partial charge in [-0.1, -0.05) is 76.1 Å². The van der Waals surface area contributed by atoms with Crippen molar-refractivity contribution in [2.75, 3.05) is 13.2 Å². The van der Waals surface area contributed by atoms with Crippen molar-refractivity contribution in [2.24, 2.45) is 40.9 Å². The summed E-state index contributed by atoms with van der Waals surface area (Å²) in [7, 11) is 0. The smallest absolute Gasteiger partial charge is 0.408 e. The highest BCUT2D eigenvalue weighted by Crippen LogP contribution is 2.50. The Morgan fingerprint density at radius 2 is 1.56 bits per heavy atom. The molecule has 276 valence electrons. The Hall–Kier alpha value is -3.40. The summed E-state index contributed by atoms with van der Waals surface area (Å²) in [6, 6.07) is 8.68. The van der Waals surface area contributed by atoms with E-state index in [1.165, 1.54) is 16.0 Å². The van der Waals surface area contributed by atoms with Crippen LogP contribution in [0.1, 0.15) is 107 Å². The van der Waals surface area contributed by atoms with Gasteiger partial charge in [0.25, 0.3) is 0 Å². The van der Waals surface area contributed by atoms with Crippen LogP contribution in [0.5, 0.6) is 0 Å². The number of alkyl carbamates (subject to hydrolysis) is 1. The van der Waals surface area contributed by atoms with E-state index in [0.717, 1.165) is 31.2 Å². The maximum atomic E-state index is 13.5. The molecule has 3 aliphatic heterocycles. The van der Waals surface area contributed by atoms with Crippen LogP contribution in [-0.4, -0.2) is 75.7 Å². The molecule has 10 nitrogen and oxygen atoms in total. The molecule has 1 saturated carbocycles. The molecule has 4 unspecified atom stereocenters. The predicted octanol–water partition coefficient (Wildman–Crippen LogP) is 6.81. The number of carboxylic acids is 1. The van der Waals surface area contributed by atoms with Crippen LogP contribution >= 0.6 is 0 Å². The lowest BCUT2D eigenvalue weighted by Crippen LogP contribution is -2.57. The molecule has 2 aliphatic carbocycles. The summed E-state index contributed by atoms with van der Waals surface area (Å²) in [5, 5.41) is 12.6. The molecule has 5 aliphatic rings. The van der Waals surface area contributed by atoms with Crippen LogP contribution in [0, 0.1) is 40.9 Å². The van der Waals surface area contributed by atoms with Crippen LogP contribution in [0.4, 0.5) is 4.79 Å². The van der Waals surface area contributed by atoms with Crippen molar-refractivity contribution in [1.29, 1.82) is 0 Å². The minimum atomic E-state index is -0.961. The molecule has 0 radical (unpaired) electrons. The van der Waals surface area contributed by atoms with Crippen LogP contribution in [-0.2, 0) is 23.9 Å². The van der Waals surface area contributed by atoms with E-state index in [1.54, 1.807) is 20.8 Å². The van der Waals surface area contributed by atoms with Crippen LogP contribution < -0.4 is 5.32 Å². The third kappa shape index (κ3) is 7.75. The number of carbonyl (C=O) groups excluding carboxylic acids is 3. The van der Waals surface area contributed by atoms with Gasteiger partial charge in [0.05, 0.1) is 12.6 Å². The van der Waals surface area contributed by atoms with Crippen molar-refractivity contribution in [3.63, 3.8) is 0 Å². The van der Waals surface area contributed by atoms with Crippen molar-refractivity contribution in [3.05, 3.63) is 47.0 Å². The SMILES string of the molecule is CC1=C(C)C[C@H]2C(=O)N3C(c4ccccc4)OC[C@@H]3[C@H]2C1.CC1C[C@H]2CN(C(=O)[C@@H](NC(=O)OC(C)(C)C)C(C)(C)C)C(C(=O)O)[C@H]2CC1C. The first kappa shape index (κ1) is 37.8. The fraction of sp³-hybridized carbons (Fsp3) is 0.700. The molecule has 10 atom stereocenters. The summed E-state index contributed by atoms with van der Waals surface area (Å²) in [5.74, 6) is 0.707. The number of ether oxygens (including phenoxy) is 2. The molecule has 4 fully saturated rings. The summed E-state index contributed by atoms with van der Waals surface area (Å²) in [4.78, 5) is 54.4. The van der Waals surface area contributed by atoms with Gasteiger partial charge in [0.1, 0.15) is 17.7 Å². The average Bonchev–Trinajstić information content (AvgIpc) is 3.68. The van der Waals surface area contributed by atoms with Gasteiger partial charge in [-0.25, -0.2) is 9.59 Å². The summed E-state index contributed by atoms with van der Waals surface area (Å²) >= 11 is 0. The Morgan fingerprint density at radius 3 is 2.16 bits per heavy atom. The first-order chi connectivity index (χ1) is 23.3. The third-order valence-corrected chi connectivity index (χ3v) is 11.9. The van der Waals surface area contributed by atoms with Gasteiger partial charge in [0.2, 0.25) is 11.8 Å². The van der Waals surface area contributed by atoms with E-state index in [-0.39, 0.29) is 35.9 Å². The number of hydrogen-bond acceptors (Lipinski definition) is 6. The van der Waals surface area contributed by atoms with E-state index in [2.05, 4.69) is 45.1 Å². The molecule has 0 aromatic heterocycles. The molecule has 6 rings (SSSR count). The number of carboxylic acid groups (broad SMARTS) is 1. The van der Waals surface area contributed by atoms with Crippen LogP contribution in [0.2, 0.25) is 0 Å². The van der Waals surface area contributed by atoms with Gasteiger partial charge in [0.15, 0.2) is 6.23 Å². The van der Waals surface area contributed by atoms with Crippen molar-refractivity contribution in [3.8, 4) is 0 Å². The third-order valence-electron chi connectivity index (χ3n) is 11.9. The number of amides is 3. The maximum absolute atomic E-state index is 13.5. The van der Waals surface area contributed by atoms with Gasteiger partial charge in [0, 0.05) is 18.0 Å². The minimum absolute atomic E-state index is 0.0372. The second-order valence-electron chi connectivity index (χ2n) is 17.7. The number of rotatable bonds is 4. The Labute approximate surface area is 298 Å².